The van der Waals surface area contributed by atoms with Crippen molar-refractivity contribution < 1.29 is 0 Å². The molecule has 2 rings (SSSR count). The third-order valence-electron chi connectivity index (χ3n) is 2.32. The standard InChI is InChI=1S/C12H11BrN2O/c13-10-4-1-9(2-5-10)3-6-11-7-12(16)15-8-14-11/h1-2,4-5,7-8H,3,6H2,(H,14,15,16). The van der Waals surface area contributed by atoms with Crippen molar-refractivity contribution in [2.75, 3.05) is 0 Å². The third kappa shape index (κ3) is 3.03. The molecule has 1 aromatic heterocycles. The van der Waals surface area contributed by atoms with E-state index in [0.29, 0.717) is 0 Å². The Morgan fingerprint density at radius 1 is 1.19 bits per heavy atom. The van der Waals surface area contributed by atoms with Crippen LogP contribution in [0.2, 0.25) is 0 Å². The predicted molar refractivity (Wildman–Crippen MR) is 66.4 cm³/mol. The number of hydrogen-bond acceptors (Lipinski definition) is 2. The third-order valence-corrected chi connectivity index (χ3v) is 2.85. The molecule has 16 heavy (non-hydrogen) atoms. The molecule has 0 amide bonds. The molecule has 0 aliphatic carbocycles. The molecule has 1 N–H and O–H groups in total. The number of H-pyrrole nitrogens is 1. The Morgan fingerprint density at radius 3 is 2.62 bits per heavy atom. The van der Waals surface area contributed by atoms with Crippen molar-refractivity contribution in [3.8, 4) is 0 Å². The zero-order valence-corrected chi connectivity index (χ0v) is 10.2. The van der Waals surface area contributed by atoms with Crippen LogP contribution in [0.4, 0.5) is 0 Å². The maximum atomic E-state index is 11.0. The summed E-state index contributed by atoms with van der Waals surface area (Å²) in [6, 6.07) is 9.70. The minimum Gasteiger partial charge on any atom is -0.313 e. The number of nitrogens with one attached hydrogen (secondary N) is 1. The van der Waals surface area contributed by atoms with Gasteiger partial charge in [-0.25, -0.2) is 4.98 Å². The number of rotatable bonds is 3. The fourth-order valence-corrected chi connectivity index (χ4v) is 1.73. The van der Waals surface area contributed by atoms with E-state index in [2.05, 4.69) is 38.0 Å². The van der Waals surface area contributed by atoms with Gasteiger partial charge in [0, 0.05) is 16.2 Å². The van der Waals surface area contributed by atoms with E-state index in [4.69, 9.17) is 0 Å². The van der Waals surface area contributed by atoms with Gasteiger partial charge >= 0.3 is 0 Å². The summed E-state index contributed by atoms with van der Waals surface area (Å²) in [6.07, 6.45) is 3.12. The smallest absolute Gasteiger partial charge is 0.250 e. The summed E-state index contributed by atoms with van der Waals surface area (Å²) in [4.78, 5) is 17.7. The van der Waals surface area contributed by atoms with Crippen LogP contribution in [-0.2, 0) is 12.8 Å². The van der Waals surface area contributed by atoms with Gasteiger partial charge < -0.3 is 4.98 Å². The number of aryl methyl sites for hydroxylation is 2. The average molecular weight is 279 g/mol. The monoisotopic (exact) mass is 278 g/mol. The quantitative estimate of drug-likeness (QED) is 0.937. The molecule has 0 spiro atoms. The molecule has 0 radical (unpaired) electrons. The van der Waals surface area contributed by atoms with Crippen LogP contribution in [0.5, 0.6) is 0 Å². The molecule has 0 bridgehead atoms. The van der Waals surface area contributed by atoms with Crippen LogP contribution < -0.4 is 5.56 Å². The molecule has 1 aromatic carbocycles. The first-order valence-corrected chi connectivity index (χ1v) is 5.81. The van der Waals surface area contributed by atoms with Gasteiger partial charge in [0.15, 0.2) is 0 Å². The Balaban J connectivity index is 2.02. The van der Waals surface area contributed by atoms with Gasteiger partial charge in [-0.2, -0.15) is 0 Å². The van der Waals surface area contributed by atoms with Crippen LogP contribution in [0, 0.1) is 0 Å². The van der Waals surface area contributed by atoms with Crippen LogP contribution in [0.15, 0.2) is 45.9 Å². The fraction of sp³-hybridized carbons (Fsp3) is 0.167. The lowest BCUT2D eigenvalue weighted by Crippen LogP contribution is -2.07. The van der Waals surface area contributed by atoms with Gasteiger partial charge in [-0.15, -0.1) is 0 Å². The molecule has 0 aliphatic rings. The first-order valence-electron chi connectivity index (χ1n) is 5.02. The Kier molecular flexibility index (Phi) is 3.51. The van der Waals surface area contributed by atoms with E-state index in [-0.39, 0.29) is 5.56 Å². The molecule has 2 aromatic rings. The van der Waals surface area contributed by atoms with Gasteiger partial charge in [-0.3, -0.25) is 4.79 Å². The lowest BCUT2D eigenvalue weighted by Gasteiger charge is -2.01. The molecule has 82 valence electrons. The molecule has 3 nitrogen and oxygen atoms in total. The Bertz CT molecular complexity index is 519. The van der Waals surface area contributed by atoms with E-state index in [1.807, 2.05) is 12.1 Å². The molecular weight excluding hydrogens is 268 g/mol. The van der Waals surface area contributed by atoms with E-state index in [9.17, 15) is 4.79 Å². The van der Waals surface area contributed by atoms with E-state index >= 15 is 0 Å². The van der Waals surface area contributed by atoms with Crippen LogP contribution in [0.3, 0.4) is 0 Å². The van der Waals surface area contributed by atoms with Crippen LogP contribution >= 0.6 is 15.9 Å². The van der Waals surface area contributed by atoms with Crippen molar-refractivity contribution in [1.82, 2.24) is 9.97 Å². The number of benzene rings is 1. The maximum absolute atomic E-state index is 11.0. The highest BCUT2D eigenvalue weighted by molar-refractivity contribution is 9.10. The fourth-order valence-electron chi connectivity index (χ4n) is 1.47. The summed E-state index contributed by atoms with van der Waals surface area (Å²) in [5.41, 5.74) is 1.97. The molecule has 0 atom stereocenters. The SMILES string of the molecule is O=c1cc(CCc2ccc(Br)cc2)nc[nH]1. The van der Waals surface area contributed by atoms with E-state index < -0.39 is 0 Å². The highest BCUT2D eigenvalue weighted by Crippen LogP contribution is 2.11. The summed E-state index contributed by atoms with van der Waals surface area (Å²) in [7, 11) is 0. The van der Waals surface area contributed by atoms with Gasteiger partial charge in [0.25, 0.3) is 5.56 Å². The number of nitrogens with zero attached hydrogens (tertiary/aromatic N) is 1. The second-order valence-corrected chi connectivity index (χ2v) is 4.44. The summed E-state index contributed by atoms with van der Waals surface area (Å²) in [6.45, 7) is 0. The normalized spacial score (nSPS) is 10.3. The summed E-state index contributed by atoms with van der Waals surface area (Å²) >= 11 is 3.39. The first kappa shape index (κ1) is 11.1. The molecular formula is C12H11BrN2O. The second-order valence-electron chi connectivity index (χ2n) is 3.53. The zero-order valence-electron chi connectivity index (χ0n) is 8.61. The Labute approximate surface area is 102 Å². The zero-order chi connectivity index (χ0) is 11.4. The largest absolute Gasteiger partial charge is 0.313 e. The van der Waals surface area contributed by atoms with Crippen LogP contribution in [0.25, 0.3) is 0 Å². The molecule has 0 aliphatic heterocycles. The summed E-state index contributed by atoms with van der Waals surface area (Å²) in [5, 5.41) is 0. The molecule has 0 saturated carbocycles. The highest BCUT2D eigenvalue weighted by Gasteiger charge is 1.97. The predicted octanol–water partition coefficient (Wildman–Crippen LogP) is 2.32. The number of halogens is 1. The highest BCUT2D eigenvalue weighted by atomic mass is 79.9. The summed E-state index contributed by atoms with van der Waals surface area (Å²) < 4.78 is 1.07. The first-order chi connectivity index (χ1) is 7.74. The molecule has 0 unspecified atom stereocenters. The van der Waals surface area contributed by atoms with E-state index in [0.717, 1.165) is 23.0 Å². The number of aromatic nitrogens is 2. The average Bonchev–Trinajstić information content (AvgIpc) is 2.28. The van der Waals surface area contributed by atoms with Gasteiger partial charge in [0.05, 0.1) is 6.33 Å². The lowest BCUT2D eigenvalue weighted by atomic mass is 10.1. The second kappa shape index (κ2) is 5.07. The van der Waals surface area contributed by atoms with Crippen LogP contribution in [0.1, 0.15) is 11.3 Å². The minimum atomic E-state index is -0.0965. The Morgan fingerprint density at radius 2 is 1.94 bits per heavy atom. The molecule has 0 fully saturated rings. The molecule has 1 heterocycles. The van der Waals surface area contributed by atoms with Crippen LogP contribution in [-0.4, -0.2) is 9.97 Å². The molecule has 0 saturated heterocycles. The van der Waals surface area contributed by atoms with Gasteiger partial charge in [-0.05, 0) is 30.5 Å². The van der Waals surface area contributed by atoms with E-state index in [1.165, 1.54) is 11.9 Å². The van der Waals surface area contributed by atoms with Gasteiger partial charge in [0.1, 0.15) is 0 Å². The van der Waals surface area contributed by atoms with Gasteiger partial charge in [-0.1, -0.05) is 28.1 Å². The summed E-state index contributed by atoms with van der Waals surface area (Å²) in [5.74, 6) is 0. The van der Waals surface area contributed by atoms with Crippen molar-refractivity contribution in [3.63, 3.8) is 0 Å². The number of hydrogen-bond donors (Lipinski definition) is 1. The van der Waals surface area contributed by atoms with Crippen molar-refractivity contribution in [3.05, 3.63) is 62.7 Å². The van der Waals surface area contributed by atoms with Crippen molar-refractivity contribution >= 4 is 15.9 Å². The minimum absolute atomic E-state index is 0.0965. The van der Waals surface area contributed by atoms with Crippen molar-refractivity contribution in [2.45, 2.75) is 12.8 Å². The molecule has 4 heteroatoms. The topological polar surface area (TPSA) is 45.8 Å². The maximum Gasteiger partial charge on any atom is 0.250 e. The number of aromatic amines is 1. The Hall–Kier alpha value is -1.42. The van der Waals surface area contributed by atoms with Crippen molar-refractivity contribution in [2.24, 2.45) is 0 Å². The van der Waals surface area contributed by atoms with Crippen molar-refractivity contribution in [1.29, 1.82) is 0 Å². The lowest BCUT2D eigenvalue weighted by molar-refractivity contribution is 0.892. The van der Waals surface area contributed by atoms with E-state index in [1.54, 1.807) is 6.07 Å². The van der Waals surface area contributed by atoms with Gasteiger partial charge in [0.2, 0.25) is 0 Å².